The summed E-state index contributed by atoms with van der Waals surface area (Å²) in [6, 6.07) is 12.3. The minimum absolute atomic E-state index is 0.132. The van der Waals surface area contributed by atoms with Crippen molar-refractivity contribution in [2.45, 2.75) is 39.3 Å². The Morgan fingerprint density at radius 1 is 1.37 bits per heavy atom. The van der Waals surface area contributed by atoms with E-state index in [-0.39, 0.29) is 12.0 Å². The third-order valence-corrected chi connectivity index (χ3v) is 4.37. The lowest BCUT2D eigenvalue weighted by atomic mass is 10.1. The van der Waals surface area contributed by atoms with E-state index in [1.54, 1.807) is 31.2 Å². The number of nitrogens with one attached hydrogen (secondary N) is 2. The van der Waals surface area contributed by atoms with Crippen molar-refractivity contribution >= 4 is 17.3 Å². The Labute approximate surface area is 159 Å². The molecule has 0 bridgehead atoms. The summed E-state index contributed by atoms with van der Waals surface area (Å²) < 4.78 is 11.6. The molecule has 2 atom stereocenters. The predicted octanol–water partition coefficient (Wildman–Crippen LogP) is 3.72. The molecule has 140 valence electrons. The van der Waals surface area contributed by atoms with Gasteiger partial charge in [-0.2, -0.15) is 5.26 Å². The molecule has 0 fully saturated rings. The topological polar surface area (TPSA) is 83.4 Å². The number of carbonyl (C=O) groups is 1. The molecule has 2 N–H and O–H groups in total. The fraction of sp³-hybridized carbons (Fsp3) is 0.333. The molecule has 6 nitrogen and oxygen atoms in total. The first-order chi connectivity index (χ1) is 13.0. The number of fused-ring (bicyclic) bond motifs is 1. The molecule has 0 spiro atoms. The Morgan fingerprint density at radius 2 is 2.15 bits per heavy atom. The second-order valence-electron chi connectivity index (χ2n) is 6.53. The Morgan fingerprint density at radius 3 is 2.89 bits per heavy atom. The van der Waals surface area contributed by atoms with Crippen LogP contribution >= 0.6 is 0 Å². The van der Waals surface area contributed by atoms with Crippen LogP contribution in [0, 0.1) is 11.3 Å². The maximum atomic E-state index is 12.6. The fourth-order valence-corrected chi connectivity index (χ4v) is 3.06. The van der Waals surface area contributed by atoms with Crippen LogP contribution in [0.25, 0.3) is 0 Å². The first-order valence-electron chi connectivity index (χ1n) is 9.04. The van der Waals surface area contributed by atoms with Crippen molar-refractivity contribution in [1.82, 2.24) is 0 Å². The van der Waals surface area contributed by atoms with Gasteiger partial charge < -0.3 is 20.1 Å². The SMILES string of the molecule is CCOc1cc2c(cc1N[C@@H](C)C(=O)Nc1ccccc1C#N)O[C@@H](C)C2. The minimum atomic E-state index is -0.534. The highest BCUT2D eigenvalue weighted by Crippen LogP contribution is 2.38. The largest absolute Gasteiger partial charge is 0.492 e. The molecule has 6 heteroatoms. The monoisotopic (exact) mass is 365 g/mol. The van der Waals surface area contributed by atoms with Gasteiger partial charge in [-0.3, -0.25) is 4.79 Å². The van der Waals surface area contributed by atoms with Crippen LogP contribution in [0.3, 0.4) is 0 Å². The molecular formula is C21H23N3O3. The van der Waals surface area contributed by atoms with Crippen molar-refractivity contribution < 1.29 is 14.3 Å². The second kappa shape index (κ2) is 8.00. The Hall–Kier alpha value is -3.20. The highest BCUT2D eigenvalue weighted by molar-refractivity contribution is 5.97. The lowest BCUT2D eigenvalue weighted by Gasteiger charge is -2.19. The van der Waals surface area contributed by atoms with E-state index < -0.39 is 6.04 Å². The van der Waals surface area contributed by atoms with Gasteiger partial charge in [0.1, 0.15) is 29.7 Å². The van der Waals surface area contributed by atoms with Gasteiger partial charge in [-0.15, -0.1) is 0 Å². The predicted molar refractivity (Wildman–Crippen MR) is 104 cm³/mol. The van der Waals surface area contributed by atoms with Crippen LogP contribution in [0.5, 0.6) is 11.5 Å². The zero-order chi connectivity index (χ0) is 19.4. The van der Waals surface area contributed by atoms with Crippen LogP contribution in [0.2, 0.25) is 0 Å². The first kappa shape index (κ1) is 18.6. The number of nitriles is 1. The van der Waals surface area contributed by atoms with E-state index in [9.17, 15) is 4.79 Å². The van der Waals surface area contributed by atoms with Gasteiger partial charge >= 0.3 is 0 Å². The normalized spacial score (nSPS) is 15.9. The van der Waals surface area contributed by atoms with E-state index in [1.807, 2.05) is 26.0 Å². The van der Waals surface area contributed by atoms with Crippen molar-refractivity contribution in [1.29, 1.82) is 5.26 Å². The Kier molecular flexibility index (Phi) is 5.51. The maximum Gasteiger partial charge on any atom is 0.246 e. The quantitative estimate of drug-likeness (QED) is 0.815. The smallest absolute Gasteiger partial charge is 0.246 e. The summed E-state index contributed by atoms with van der Waals surface area (Å²) in [7, 11) is 0. The summed E-state index contributed by atoms with van der Waals surface area (Å²) in [5, 5.41) is 15.2. The van der Waals surface area contributed by atoms with Crippen LogP contribution in [-0.2, 0) is 11.2 Å². The molecule has 3 rings (SSSR count). The van der Waals surface area contributed by atoms with Gasteiger partial charge in [0.2, 0.25) is 5.91 Å². The zero-order valence-electron chi connectivity index (χ0n) is 15.7. The number of nitrogens with zero attached hydrogens (tertiary/aromatic N) is 1. The molecule has 27 heavy (non-hydrogen) atoms. The summed E-state index contributed by atoms with van der Waals surface area (Å²) in [4.78, 5) is 12.6. The number of anilines is 2. The van der Waals surface area contributed by atoms with Crippen molar-refractivity contribution in [2.24, 2.45) is 0 Å². The molecule has 0 saturated heterocycles. The van der Waals surface area contributed by atoms with Crippen molar-refractivity contribution in [2.75, 3.05) is 17.2 Å². The fourth-order valence-electron chi connectivity index (χ4n) is 3.06. The van der Waals surface area contributed by atoms with Gasteiger partial charge in [0, 0.05) is 18.1 Å². The molecule has 0 aliphatic carbocycles. The van der Waals surface area contributed by atoms with Crippen molar-refractivity contribution in [3.63, 3.8) is 0 Å². The molecular weight excluding hydrogens is 342 g/mol. The molecule has 0 radical (unpaired) electrons. The van der Waals surface area contributed by atoms with Crippen molar-refractivity contribution in [3.8, 4) is 17.6 Å². The lowest BCUT2D eigenvalue weighted by molar-refractivity contribution is -0.116. The van der Waals surface area contributed by atoms with E-state index in [4.69, 9.17) is 14.7 Å². The summed E-state index contributed by atoms with van der Waals surface area (Å²) in [6.45, 7) is 6.23. The van der Waals surface area contributed by atoms with Gasteiger partial charge in [-0.25, -0.2) is 0 Å². The van der Waals surface area contributed by atoms with Crippen LogP contribution in [0.4, 0.5) is 11.4 Å². The van der Waals surface area contributed by atoms with Gasteiger partial charge in [-0.1, -0.05) is 12.1 Å². The van der Waals surface area contributed by atoms with E-state index >= 15 is 0 Å². The van der Waals surface area contributed by atoms with Gasteiger partial charge in [-0.05, 0) is 39.0 Å². The second-order valence-corrected chi connectivity index (χ2v) is 6.53. The summed E-state index contributed by atoms with van der Waals surface area (Å²) in [6.07, 6.45) is 0.976. The van der Waals surface area contributed by atoms with Crippen molar-refractivity contribution in [3.05, 3.63) is 47.5 Å². The molecule has 0 unspecified atom stereocenters. The molecule has 1 aliphatic heterocycles. The van der Waals surface area contributed by atoms with E-state index in [0.29, 0.717) is 29.3 Å². The van der Waals surface area contributed by atoms with E-state index in [0.717, 1.165) is 17.7 Å². The Balaban J connectivity index is 1.77. The average molecular weight is 365 g/mol. The number of hydrogen-bond acceptors (Lipinski definition) is 5. The lowest BCUT2D eigenvalue weighted by Crippen LogP contribution is -2.32. The highest BCUT2D eigenvalue weighted by atomic mass is 16.5. The van der Waals surface area contributed by atoms with Crippen LogP contribution in [0.1, 0.15) is 31.9 Å². The molecule has 1 amide bonds. The maximum absolute atomic E-state index is 12.6. The number of benzene rings is 2. The van der Waals surface area contributed by atoms with Crippen LogP contribution < -0.4 is 20.1 Å². The number of ether oxygens (including phenoxy) is 2. The van der Waals surface area contributed by atoms with E-state index in [2.05, 4.69) is 16.7 Å². The molecule has 0 aromatic heterocycles. The number of hydrogen-bond donors (Lipinski definition) is 2. The average Bonchev–Trinajstić information content (AvgIpc) is 3.01. The van der Waals surface area contributed by atoms with Gasteiger partial charge in [0.25, 0.3) is 0 Å². The number of carbonyl (C=O) groups excluding carboxylic acids is 1. The van der Waals surface area contributed by atoms with Crippen LogP contribution in [0.15, 0.2) is 36.4 Å². The van der Waals surface area contributed by atoms with E-state index in [1.165, 1.54) is 0 Å². The molecule has 2 aromatic carbocycles. The van der Waals surface area contributed by atoms with Gasteiger partial charge in [0.15, 0.2) is 0 Å². The number of amides is 1. The van der Waals surface area contributed by atoms with Crippen LogP contribution in [-0.4, -0.2) is 24.7 Å². The molecule has 0 saturated carbocycles. The first-order valence-corrected chi connectivity index (χ1v) is 9.04. The number of rotatable bonds is 6. The zero-order valence-corrected chi connectivity index (χ0v) is 15.7. The Bertz CT molecular complexity index is 889. The molecule has 1 heterocycles. The third kappa shape index (κ3) is 4.14. The number of para-hydroxylation sites is 1. The summed E-state index contributed by atoms with van der Waals surface area (Å²) in [5.74, 6) is 1.27. The molecule has 1 aliphatic rings. The minimum Gasteiger partial charge on any atom is -0.492 e. The highest BCUT2D eigenvalue weighted by Gasteiger charge is 2.23. The van der Waals surface area contributed by atoms with Gasteiger partial charge in [0.05, 0.1) is 23.5 Å². The third-order valence-electron chi connectivity index (χ3n) is 4.37. The molecule has 2 aromatic rings. The summed E-state index contributed by atoms with van der Waals surface area (Å²) in [5.41, 5.74) is 2.74. The standard InChI is InChI=1S/C21H23N3O3/c1-4-26-20-10-16-9-13(2)27-19(16)11-18(20)23-14(3)21(25)24-17-8-6-5-7-15(17)12-22/h5-8,10-11,13-14,23H,4,9H2,1-3H3,(H,24,25)/t13-,14-/m0/s1. The summed E-state index contributed by atoms with van der Waals surface area (Å²) >= 11 is 0.